The fourth-order valence-corrected chi connectivity index (χ4v) is 2.23. The highest BCUT2D eigenvalue weighted by molar-refractivity contribution is 4.94. The molecule has 0 bridgehead atoms. The third-order valence-corrected chi connectivity index (χ3v) is 3.31. The molecule has 5 nitrogen and oxygen atoms in total. The molecule has 0 spiro atoms. The molecule has 5 heteroatoms. The van der Waals surface area contributed by atoms with Gasteiger partial charge in [0, 0.05) is 0 Å². The molecule has 0 aromatic carbocycles. The molecule has 1 aromatic heterocycles. The van der Waals surface area contributed by atoms with Crippen LogP contribution in [0.2, 0.25) is 0 Å². The predicted molar refractivity (Wildman–Crippen MR) is 68.1 cm³/mol. The third kappa shape index (κ3) is 3.09. The van der Waals surface area contributed by atoms with Gasteiger partial charge in [-0.15, -0.1) is 10.2 Å². The second-order valence-corrected chi connectivity index (χ2v) is 4.91. The molecule has 0 radical (unpaired) electrons. The van der Waals surface area contributed by atoms with Crippen LogP contribution in [0, 0.1) is 0 Å². The summed E-state index contributed by atoms with van der Waals surface area (Å²) in [6.45, 7) is 7.31. The van der Waals surface area contributed by atoms with E-state index in [0.29, 0.717) is 17.9 Å². The van der Waals surface area contributed by atoms with Gasteiger partial charge in [0.2, 0.25) is 11.8 Å². The van der Waals surface area contributed by atoms with E-state index >= 15 is 0 Å². The summed E-state index contributed by atoms with van der Waals surface area (Å²) < 4.78 is 11.5. The van der Waals surface area contributed by atoms with E-state index in [2.05, 4.69) is 36.3 Å². The minimum absolute atomic E-state index is 0.00932. The maximum atomic E-state index is 5.76. The van der Waals surface area contributed by atoms with Crippen molar-refractivity contribution in [3.63, 3.8) is 0 Å². The van der Waals surface area contributed by atoms with E-state index in [1.165, 1.54) is 0 Å². The Morgan fingerprint density at radius 2 is 2.17 bits per heavy atom. The quantitative estimate of drug-likeness (QED) is 0.844. The van der Waals surface area contributed by atoms with Gasteiger partial charge in [0.25, 0.3) is 0 Å². The molecule has 1 aromatic rings. The molecule has 1 saturated heterocycles. The van der Waals surface area contributed by atoms with Gasteiger partial charge in [-0.2, -0.15) is 0 Å². The summed E-state index contributed by atoms with van der Waals surface area (Å²) in [5, 5.41) is 11.7. The van der Waals surface area contributed by atoms with Crippen molar-refractivity contribution < 1.29 is 9.15 Å². The molecule has 2 heterocycles. The summed E-state index contributed by atoms with van der Waals surface area (Å²) in [7, 11) is 0. The number of hydrogen-bond acceptors (Lipinski definition) is 5. The number of hydrogen-bond donors (Lipinski definition) is 1. The minimum atomic E-state index is -0.00932. The fraction of sp³-hybridized carbons (Fsp3) is 0.846. The van der Waals surface area contributed by atoms with Crippen LogP contribution in [0.4, 0.5) is 0 Å². The van der Waals surface area contributed by atoms with Crippen molar-refractivity contribution in [1.29, 1.82) is 0 Å². The van der Waals surface area contributed by atoms with Crippen molar-refractivity contribution in [2.75, 3.05) is 6.54 Å². The second kappa shape index (κ2) is 6.29. The molecule has 0 aliphatic carbocycles. The van der Waals surface area contributed by atoms with Crippen LogP contribution < -0.4 is 5.32 Å². The first-order chi connectivity index (χ1) is 8.74. The second-order valence-electron chi connectivity index (χ2n) is 4.91. The highest BCUT2D eigenvalue weighted by Crippen LogP contribution is 2.32. The van der Waals surface area contributed by atoms with Crippen LogP contribution in [0.5, 0.6) is 0 Å². The predicted octanol–water partition coefficient (Wildman–Crippen LogP) is 2.76. The Bertz CT molecular complexity index is 367. The van der Waals surface area contributed by atoms with E-state index in [1.54, 1.807) is 0 Å². The summed E-state index contributed by atoms with van der Waals surface area (Å²) >= 11 is 0. The molecule has 102 valence electrons. The van der Waals surface area contributed by atoms with E-state index in [1.807, 2.05) is 0 Å². The standard InChI is InChI=1S/C13H23N3O2/c1-4-8-14-10(5-2)12-15-16-13(18-12)11-7-6-9(3)17-11/h9-11,14H,4-8H2,1-3H3. The Morgan fingerprint density at radius 3 is 2.78 bits per heavy atom. The van der Waals surface area contributed by atoms with Crippen LogP contribution in [0.15, 0.2) is 4.42 Å². The lowest BCUT2D eigenvalue weighted by atomic mass is 10.2. The highest BCUT2D eigenvalue weighted by Gasteiger charge is 2.28. The average molecular weight is 253 g/mol. The zero-order valence-corrected chi connectivity index (χ0v) is 11.5. The van der Waals surface area contributed by atoms with Gasteiger partial charge in [0.05, 0.1) is 12.1 Å². The van der Waals surface area contributed by atoms with Gasteiger partial charge < -0.3 is 14.5 Å². The maximum Gasteiger partial charge on any atom is 0.245 e. The summed E-state index contributed by atoms with van der Waals surface area (Å²) in [6, 6.07) is 0.157. The van der Waals surface area contributed by atoms with Crippen LogP contribution in [0.25, 0.3) is 0 Å². The molecule has 3 unspecified atom stereocenters. The van der Waals surface area contributed by atoms with Crippen molar-refractivity contribution in [2.45, 2.75) is 64.7 Å². The maximum absolute atomic E-state index is 5.76. The van der Waals surface area contributed by atoms with Gasteiger partial charge in [0.15, 0.2) is 0 Å². The van der Waals surface area contributed by atoms with Crippen LogP contribution >= 0.6 is 0 Å². The topological polar surface area (TPSA) is 60.2 Å². The molecule has 0 amide bonds. The molecule has 1 aliphatic rings. The van der Waals surface area contributed by atoms with Crippen LogP contribution in [0.1, 0.15) is 70.4 Å². The first-order valence-corrected chi connectivity index (χ1v) is 6.96. The van der Waals surface area contributed by atoms with Gasteiger partial charge in [-0.05, 0) is 39.2 Å². The molecule has 3 atom stereocenters. The zero-order valence-electron chi connectivity index (χ0n) is 11.5. The molecule has 1 N–H and O–H groups in total. The van der Waals surface area contributed by atoms with Crippen molar-refractivity contribution in [3.8, 4) is 0 Å². The highest BCUT2D eigenvalue weighted by atomic mass is 16.5. The van der Waals surface area contributed by atoms with Gasteiger partial charge in [-0.25, -0.2) is 0 Å². The third-order valence-electron chi connectivity index (χ3n) is 3.31. The summed E-state index contributed by atoms with van der Waals surface area (Å²) in [6.07, 6.45) is 4.37. The van der Waals surface area contributed by atoms with Crippen LogP contribution in [-0.2, 0) is 4.74 Å². The Hall–Kier alpha value is -0.940. The van der Waals surface area contributed by atoms with Gasteiger partial charge in [0.1, 0.15) is 6.10 Å². The number of ether oxygens (including phenoxy) is 1. The van der Waals surface area contributed by atoms with Crippen LogP contribution in [0.3, 0.4) is 0 Å². The number of nitrogens with zero attached hydrogens (tertiary/aromatic N) is 2. The summed E-state index contributed by atoms with van der Waals surface area (Å²) in [5.74, 6) is 1.32. The molecule has 1 aliphatic heterocycles. The van der Waals surface area contributed by atoms with Crippen molar-refractivity contribution in [3.05, 3.63) is 11.8 Å². The lowest BCUT2D eigenvalue weighted by molar-refractivity contribution is 0.0380. The smallest absolute Gasteiger partial charge is 0.245 e. The first-order valence-electron chi connectivity index (χ1n) is 6.96. The van der Waals surface area contributed by atoms with Gasteiger partial charge in [-0.3, -0.25) is 0 Å². The number of aromatic nitrogens is 2. The van der Waals surface area contributed by atoms with E-state index in [0.717, 1.165) is 32.2 Å². The van der Waals surface area contributed by atoms with Gasteiger partial charge in [-0.1, -0.05) is 13.8 Å². The largest absolute Gasteiger partial charge is 0.421 e. The van der Waals surface area contributed by atoms with E-state index < -0.39 is 0 Å². The van der Waals surface area contributed by atoms with Crippen molar-refractivity contribution >= 4 is 0 Å². The molecule has 0 saturated carbocycles. The number of nitrogens with one attached hydrogen (secondary N) is 1. The lowest BCUT2D eigenvalue weighted by Crippen LogP contribution is -2.21. The van der Waals surface area contributed by atoms with Gasteiger partial charge >= 0.3 is 0 Å². The van der Waals surface area contributed by atoms with E-state index in [9.17, 15) is 0 Å². The SMILES string of the molecule is CCCNC(CC)c1nnc(C2CCC(C)O2)o1. The average Bonchev–Trinajstić information content (AvgIpc) is 2.99. The van der Waals surface area contributed by atoms with Crippen LogP contribution in [-0.4, -0.2) is 22.8 Å². The van der Waals surface area contributed by atoms with E-state index in [-0.39, 0.29) is 12.1 Å². The molecular weight excluding hydrogens is 230 g/mol. The molecule has 18 heavy (non-hydrogen) atoms. The minimum Gasteiger partial charge on any atom is -0.421 e. The molecule has 2 rings (SSSR count). The van der Waals surface area contributed by atoms with Crippen molar-refractivity contribution in [2.24, 2.45) is 0 Å². The fourth-order valence-electron chi connectivity index (χ4n) is 2.23. The first kappa shape index (κ1) is 13.5. The van der Waals surface area contributed by atoms with E-state index in [4.69, 9.17) is 9.15 Å². The van der Waals surface area contributed by atoms with Crippen molar-refractivity contribution in [1.82, 2.24) is 15.5 Å². The Morgan fingerprint density at radius 1 is 1.33 bits per heavy atom. The lowest BCUT2D eigenvalue weighted by Gasteiger charge is -2.11. The monoisotopic (exact) mass is 253 g/mol. The molecule has 1 fully saturated rings. The number of rotatable bonds is 6. The Labute approximate surface area is 108 Å². The molecular formula is C13H23N3O2. The normalized spacial score (nSPS) is 25.5. The summed E-state index contributed by atoms with van der Waals surface area (Å²) in [5.41, 5.74) is 0. The Balaban J connectivity index is 1.99. The Kier molecular flexibility index (Phi) is 4.72. The zero-order chi connectivity index (χ0) is 13.0. The summed E-state index contributed by atoms with van der Waals surface area (Å²) in [4.78, 5) is 0.